The van der Waals surface area contributed by atoms with E-state index in [2.05, 4.69) is 30.0 Å². The second-order valence-electron chi connectivity index (χ2n) is 7.26. The second-order valence-corrected chi connectivity index (χ2v) is 8.60. The molecule has 0 saturated carbocycles. The number of alkyl halides is 6. The fraction of sp³-hybridized carbons (Fsp3) is 0.368. The Morgan fingerprint density at radius 3 is 2.09 bits per heavy atom. The lowest BCUT2D eigenvalue weighted by Gasteiger charge is -2.27. The second kappa shape index (κ2) is 9.01. The van der Waals surface area contributed by atoms with Gasteiger partial charge < -0.3 is 9.88 Å². The number of piperidine rings is 1. The molecule has 1 saturated heterocycles. The van der Waals surface area contributed by atoms with E-state index in [9.17, 15) is 26.3 Å². The zero-order valence-corrected chi connectivity index (χ0v) is 18.2. The van der Waals surface area contributed by atoms with Gasteiger partial charge in [-0.15, -0.1) is 10.2 Å². The van der Waals surface area contributed by atoms with Crippen molar-refractivity contribution in [1.82, 2.24) is 25.1 Å². The number of aromatic amines is 1. The lowest BCUT2D eigenvalue weighted by Crippen LogP contribution is -2.30. The molecule has 176 valence electrons. The number of halogens is 7. The molecule has 14 heteroatoms. The molecule has 1 N–H and O–H groups in total. The highest BCUT2D eigenvalue weighted by Gasteiger charge is 2.37. The van der Waals surface area contributed by atoms with Gasteiger partial charge in [0.1, 0.15) is 10.8 Å². The lowest BCUT2D eigenvalue weighted by atomic mass is 10.0. The van der Waals surface area contributed by atoms with Crippen molar-refractivity contribution in [3.05, 3.63) is 40.7 Å². The third-order valence-corrected chi connectivity index (χ3v) is 5.83. The summed E-state index contributed by atoms with van der Waals surface area (Å²) in [5, 5.41) is 8.07. The number of hydrogen-bond acceptors (Lipinski definition) is 6. The van der Waals surface area contributed by atoms with Crippen LogP contribution in [0.3, 0.4) is 0 Å². The zero-order chi connectivity index (χ0) is 23.8. The highest BCUT2D eigenvalue weighted by atomic mass is 35.5. The molecular weight excluding hydrogens is 494 g/mol. The highest BCUT2D eigenvalue weighted by Crippen LogP contribution is 2.38. The van der Waals surface area contributed by atoms with E-state index in [1.165, 1.54) is 0 Å². The van der Waals surface area contributed by atoms with E-state index in [0.29, 0.717) is 23.0 Å². The van der Waals surface area contributed by atoms with E-state index in [4.69, 9.17) is 11.6 Å². The first-order valence-electron chi connectivity index (χ1n) is 9.69. The van der Waals surface area contributed by atoms with Crippen LogP contribution in [0.4, 0.5) is 32.2 Å². The van der Waals surface area contributed by atoms with E-state index in [1.54, 1.807) is 6.07 Å². The molecular formula is C19H15ClF6N6S. The number of hydrogen-bond donors (Lipinski definition) is 1. The molecule has 3 heterocycles. The largest absolute Gasteiger partial charge is 0.416 e. The minimum absolute atomic E-state index is 0.00742. The number of aromatic nitrogens is 5. The summed E-state index contributed by atoms with van der Waals surface area (Å²) >= 11 is 7.01. The van der Waals surface area contributed by atoms with Crippen LogP contribution in [0.5, 0.6) is 0 Å². The van der Waals surface area contributed by atoms with Crippen molar-refractivity contribution < 1.29 is 26.3 Å². The summed E-state index contributed by atoms with van der Waals surface area (Å²) in [7, 11) is 0. The topological polar surface area (TPSA) is 70.6 Å². The molecule has 2 aromatic heterocycles. The Labute approximate surface area is 192 Å². The lowest BCUT2D eigenvalue weighted by molar-refractivity contribution is -0.143. The van der Waals surface area contributed by atoms with E-state index in [0.717, 1.165) is 44.1 Å². The van der Waals surface area contributed by atoms with Crippen LogP contribution in [0, 0.1) is 0 Å². The monoisotopic (exact) mass is 508 g/mol. The van der Waals surface area contributed by atoms with Crippen LogP contribution in [0.2, 0.25) is 5.28 Å². The normalized spacial score (nSPS) is 15.2. The minimum Gasteiger partial charge on any atom is -0.356 e. The number of anilines is 1. The summed E-state index contributed by atoms with van der Waals surface area (Å²) < 4.78 is 78.8. The van der Waals surface area contributed by atoms with Crippen LogP contribution in [-0.4, -0.2) is 38.2 Å². The van der Waals surface area contributed by atoms with Gasteiger partial charge in [0.25, 0.3) is 0 Å². The van der Waals surface area contributed by atoms with Gasteiger partial charge in [0.05, 0.1) is 11.1 Å². The fourth-order valence-electron chi connectivity index (χ4n) is 3.34. The molecule has 6 nitrogen and oxygen atoms in total. The molecule has 1 aliphatic heterocycles. The summed E-state index contributed by atoms with van der Waals surface area (Å²) in [6.45, 7) is 1.64. The summed E-state index contributed by atoms with van der Waals surface area (Å²) in [5.74, 6) is 0.384. The van der Waals surface area contributed by atoms with Crippen LogP contribution in [0.1, 0.15) is 30.4 Å². The number of nitrogens with zero attached hydrogens (tertiary/aromatic N) is 5. The maximum Gasteiger partial charge on any atom is 0.416 e. The molecule has 0 spiro atoms. The Kier molecular flexibility index (Phi) is 6.45. The van der Waals surface area contributed by atoms with Gasteiger partial charge in [0.15, 0.2) is 11.0 Å². The molecule has 0 bridgehead atoms. The average Bonchev–Trinajstić information content (AvgIpc) is 3.21. The molecule has 0 aliphatic carbocycles. The summed E-state index contributed by atoms with van der Waals surface area (Å²) in [4.78, 5) is 13.0. The number of nitrogens with one attached hydrogen (secondary N) is 1. The van der Waals surface area contributed by atoms with Crippen LogP contribution in [-0.2, 0) is 12.4 Å². The van der Waals surface area contributed by atoms with Gasteiger partial charge in [-0.05, 0) is 60.8 Å². The average molecular weight is 509 g/mol. The van der Waals surface area contributed by atoms with Gasteiger partial charge in [-0.1, -0.05) is 0 Å². The van der Waals surface area contributed by atoms with Gasteiger partial charge in [0.2, 0.25) is 5.28 Å². The Bertz CT molecular complexity index is 1110. The zero-order valence-electron chi connectivity index (χ0n) is 16.6. The van der Waals surface area contributed by atoms with Crippen molar-refractivity contribution >= 4 is 29.2 Å². The van der Waals surface area contributed by atoms with Crippen molar-refractivity contribution in [2.24, 2.45) is 0 Å². The van der Waals surface area contributed by atoms with Crippen LogP contribution in [0.25, 0.3) is 11.4 Å². The van der Waals surface area contributed by atoms with Gasteiger partial charge in [0, 0.05) is 24.7 Å². The first kappa shape index (κ1) is 23.6. The maximum absolute atomic E-state index is 13.1. The smallest absolute Gasteiger partial charge is 0.356 e. The van der Waals surface area contributed by atoms with Crippen molar-refractivity contribution in [2.75, 3.05) is 18.0 Å². The predicted molar refractivity (Wildman–Crippen MR) is 109 cm³/mol. The molecule has 1 aliphatic rings. The van der Waals surface area contributed by atoms with Gasteiger partial charge >= 0.3 is 12.4 Å². The van der Waals surface area contributed by atoms with E-state index in [-0.39, 0.29) is 22.3 Å². The Morgan fingerprint density at radius 1 is 0.848 bits per heavy atom. The molecule has 0 atom stereocenters. The van der Waals surface area contributed by atoms with Crippen LogP contribution < -0.4 is 4.90 Å². The van der Waals surface area contributed by atoms with Crippen molar-refractivity contribution in [3.63, 3.8) is 0 Å². The fourth-order valence-corrected chi connectivity index (χ4v) is 4.29. The SMILES string of the molecule is FC(F)(F)c1cc(-c2nnc(Sc3cc(N4CCCCC4)nc(Cl)n3)[nH]2)cc(C(F)(F)F)c1. The first-order valence-corrected chi connectivity index (χ1v) is 10.9. The van der Waals surface area contributed by atoms with Crippen LogP contribution in [0.15, 0.2) is 34.4 Å². The van der Waals surface area contributed by atoms with Crippen molar-refractivity contribution in [3.8, 4) is 11.4 Å². The van der Waals surface area contributed by atoms with E-state index >= 15 is 0 Å². The summed E-state index contributed by atoms with van der Waals surface area (Å²) in [6.07, 6.45) is -6.76. The molecule has 3 aromatic rings. The molecule has 4 rings (SSSR count). The van der Waals surface area contributed by atoms with E-state index in [1.807, 2.05) is 0 Å². The summed E-state index contributed by atoms with van der Waals surface area (Å²) in [6, 6.07) is 2.91. The van der Waals surface area contributed by atoms with Gasteiger partial charge in [-0.2, -0.15) is 26.3 Å². The minimum atomic E-state index is -4.96. The van der Waals surface area contributed by atoms with Crippen molar-refractivity contribution in [2.45, 2.75) is 41.8 Å². The molecule has 0 unspecified atom stereocenters. The quantitative estimate of drug-likeness (QED) is 0.261. The Morgan fingerprint density at radius 2 is 1.48 bits per heavy atom. The van der Waals surface area contributed by atoms with Gasteiger partial charge in [-0.3, -0.25) is 0 Å². The predicted octanol–water partition coefficient (Wildman–Crippen LogP) is 6.09. The molecule has 1 fully saturated rings. The van der Waals surface area contributed by atoms with Crippen molar-refractivity contribution in [1.29, 1.82) is 0 Å². The van der Waals surface area contributed by atoms with Gasteiger partial charge in [-0.25, -0.2) is 9.97 Å². The molecule has 33 heavy (non-hydrogen) atoms. The van der Waals surface area contributed by atoms with Crippen LogP contribution >= 0.6 is 23.4 Å². The molecule has 1 aromatic carbocycles. The standard InChI is InChI=1S/C19H15ClF6N6S/c20-16-27-13(32-4-2-1-3-5-32)9-14(28-16)33-17-29-15(30-31-17)10-6-11(18(21,22)23)8-12(7-10)19(24,25)26/h6-9H,1-5H2,(H,29,30,31). The Balaban J connectivity index is 1.62. The maximum atomic E-state index is 13.1. The first-order chi connectivity index (χ1) is 15.5. The van der Waals surface area contributed by atoms with E-state index < -0.39 is 29.0 Å². The third kappa shape index (κ3) is 5.69. The molecule has 0 radical (unpaired) electrons. The number of H-pyrrole nitrogens is 1. The number of rotatable bonds is 4. The summed E-state index contributed by atoms with van der Waals surface area (Å²) in [5.41, 5.74) is -3.27. The highest BCUT2D eigenvalue weighted by molar-refractivity contribution is 7.99. The third-order valence-electron chi connectivity index (χ3n) is 4.87. The Hall–Kier alpha value is -2.54. The number of benzene rings is 1. The molecule has 0 amide bonds.